The molecule has 2 atom stereocenters. The number of alkyl halides is 1. The van der Waals surface area contributed by atoms with Gasteiger partial charge in [0.2, 0.25) is 0 Å². The molecule has 1 saturated heterocycles. The van der Waals surface area contributed by atoms with Crippen LogP contribution in [0.4, 0.5) is 4.39 Å². The Morgan fingerprint density at radius 1 is 1.47 bits per heavy atom. The number of thiocarbonyl (C=S) groups is 1. The molecule has 1 nitrogen and oxygen atoms in total. The molecule has 1 aromatic carbocycles. The van der Waals surface area contributed by atoms with E-state index < -0.39 is 4.57 Å². The normalized spacial score (nSPS) is 30.3. The fourth-order valence-corrected chi connectivity index (χ4v) is 4.09. The van der Waals surface area contributed by atoms with Crippen LogP contribution in [0.2, 0.25) is 0 Å². The van der Waals surface area contributed by atoms with Gasteiger partial charge in [-0.2, -0.15) is 0 Å². The van der Waals surface area contributed by atoms with Crippen LogP contribution < -0.4 is 4.46 Å². The third kappa shape index (κ3) is 2.07. The topological polar surface area (TPSA) is 9.23 Å². The molecule has 0 amide bonds. The van der Waals surface area contributed by atoms with Crippen LogP contribution in [0.25, 0.3) is 0 Å². The molecule has 1 aromatic rings. The van der Waals surface area contributed by atoms with E-state index in [2.05, 4.69) is 0 Å². The summed E-state index contributed by atoms with van der Waals surface area (Å²) >= 11 is 4.64. The second-order valence-corrected chi connectivity index (χ2v) is 6.59. The van der Waals surface area contributed by atoms with Crippen molar-refractivity contribution in [2.45, 2.75) is 11.5 Å². The summed E-state index contributed by atoms with van der Waals surface area (Å²) in [6.07, 6.45) is 0. The van der Waals surface area contributed by atoms with Crippen molar-refractivity contribution in [1.82, 2.24) is 0 Å². The van der Waals surface area contributed by atoms with E-state index in [1.165, 1.54) is 0 Å². The molecule has 1 fully saturated rings. The van der Waals surface area contributed by atoms with Crippen molar-refractivity contribution < 1.29 is 9.13 Å². The predicted molar refractivity (Wildman–Crippen MR) is 63.4 cm³/mol. The van der Waals surface area contributed by atoms with Crippen LogP contribution in [0.15, 0.2) is 30.3 Å². The van der Waals surface area contributed by atoms with Crippen molar-refractivity contribution >= 4 is 36.7 Å². The Hall–Kier alpha value is -0.441. The molecule has 15 heavy (non-hydrogen) atoms. The first-order valence-electron chi connectivity index (χ1n) is 4.73. The van der Waals surface area contributed by atoms with Gasteiger partial charge < -0.3 is 0 Å². The molecule has 2 unspecified atom stereocenters. The first kappa shape index (κ1) is 11.1. The van der Waals surface area contributed by atoms with Gasteiger partial charge in [-0.3, -0.25) is 0 Å². The summed E-state index contributed by atoms with van der Waals surface area (Å²) in [7, 11) is 0. The molecule has 2 rings (SSSR count). The molecule has 1 heterocycles. The average Bonchev–Trinajstić information content (AvgIpc) is 2.48. The summed E-state index contributed by atoms with van der Waals surface area (Å²) in [6, 6.07) is 9.65. The molecule has 80 valence electrons. The Morgan fingerprint density at radius 3 is 2.67 bits per heavy atom. The van der Waals surface area contributed by atoms with Crippen molar-refractivity contribution in [3.8, 4) is 0 Å². The SMILES string of the molecule is CC1COC(=S)C1(F)[Se]c1ccccc1. The molecular formula is C11H11FOSSe. The van der Waals surface area contributed by atoms with Gasteiger partial charge in [0.25, 0.3) is 0 Å². The maximum absolute atomic E-state index is 14.5. The zero-order chi connectivity index (χ0) is 10.9. The first-order chi connectivity index (χ1) is 7.13. The summed E-state index contributed by atoms with van der Waals surface area (Å²) in [5.74, 6) is -0.134. The first-order valence-corrected chi connectivity index (χ1v) is 6.85. The number of ether oxygens (including phenoxy) is 1. The van der Waals surface area contributed by atoms with Crippen molar-refractivity contribution in [2.24, 2.45) is 5.92 Å². The van der Waals surface area contributed by atoms with Crippen LogP contribution in [0.1, 0.15) is 6.92 Å². The Balaban J connectivity index is 2.21. The van der Waals surface area contributed by atoms with Gasteiger partial charge >= 0.3 is 100 Å². The van der Waals surface area contributed by atoms with Crippen LogP contribution in [0.3, 0.4) is 0 Å². The standard InChI is InChI=1S/C11H11FOSSe/c1-8-7-13-10(14)11(8,12)15-9-5-3-2-4-6-9/h2-6,8H,7H2,1H3. The van der Waals surface area contributed by atoms with Gasteiger partial charge in [-0.25, -0.2) is 0 Å². The molecule has 0 aliphatic carbocycles. The molecule has 0 radical (unpaired) electrons. The van der Waals surface area contributed by atoms with Crippen molar-refractivity contribution in [3.63, 3.8) is 0 Å². The van der Waals surface area contributed by atoms with Crippen LogP contribution in [-0.4, -0.2) is 31.2 Å². The summed E-state index contributed by atoms with van der Waals surface area (Å²) in [5.41, 5.74) is 0. The molecule has 1 aliphatic rings. The Kier molecular flexibility index (Phi) is 3.10. The number of hydrogen-bond acceptors (Lipinski definition) is 2. The van der Waals surface area contributed by atoms with Crippen molar-refractivity contribution in [2.75, 3.05) is 6.61 Å². The third-order valence-corrected chi connectivity index (χ3v) is 6.01. The summed E-state index contributed by atoms with van der Waals surface area (Å²) in [5, 5.41) is 0.138. The fraction of sp³-hybridized carbons (Fsp3) is 0.364. The molecule has 4 heteroatoms. The van der Waals surface area contributed by atoms with Crippen LogP contribution in [-0.2, 0) is 4.74 Å². The second kappa shape index (κ2) is 4.20. The number of benzene rings is 1. The molecule has 0 N–H and O–H groups in total. The van der Waals surface area contributed by atoms with Gasteiger partial charge in [-0.15, -0.1) is 0 Å². The molecule has 0 bridgehead atoms. The molecule has 0 aromatic heterocycles. The summed E-state index contributed by atoms with van der Waals surface area (Å²) in [6.45, 7) is 2.26. The van der Waals surface area contributed by atoms with E-state index in [0.29, 0.717) is 6.61 Å². The van der Waals surface area contributed by atoms with E-state index in [9.17, 15) is 4.39 Å². The monoisotopic (exact) mass is 290 g/mol. The van der Waals surface area contributed by atoms with Crippen LogP contribution >= 0.6 is 12.2 Å². The van der Waals surface area contributed by atoms with Gasteiger partial charge in [-0.1, -0.05) is 0 Å². The summed E-state index contributed by atoms with van der Waals surface area (Å²) < 4.78 is 19.3. The van der Waals surface area contributed by atoms with Crippen molar-refractivity contribution in [3.05, 3.63) is 30.3 Å². The van der Waals surface area contributed by atoms with E-state index in [1.54, 1.807) is 0 Å². The van der Waals surface area contributed by atoms with Crippen LogP contribution in [0, 0.1) is 5.92 Å². The molecule has 0 spiro atoms. The third-order valence-electron chi connectivity index (χ3n) is 2.39. The predicted octanol–water partition coefficient (Wildman–Crippen LogP) is 1.68. The molecular weight excluding hydrogens is 278 g/mol. The van der Waals surface area contributed by atoms with E-state index in [4.69, 9.17) is 17.0 Å². The van der Waals surface area contributed by atoms with Gasteiger partial charge in [-0.05, 0) is 0 Å². The molecule has 0 saturated carbocycles. The van der Waals surface area contributed by atoms with E-state index in [-0.39, 0.29) is 25.9 Å². The quantitative estimate of drug-likeness (QED) is 0.605. The van der Waals surface area contributed by atoms with E-state index in [0.717, 1.165) is 4.46 Å². The average molecular weight is 289 g/mol. The number of halogens is 1. The van der Waals surface area contributed by atoms with E-state index in [1.807, 2.05) is 37.3 Å². The summed E-state index contributed by atoms with van der Waals surface area (Å²) in [4.78, 5) is 0. The van der Waals surface area contributed by atoms with Gasteiger partial charge in [0.1, 0.15) is 0 Å². The maximum atomic E-state index is 14.5. The minimum absolute atomic E-state index is 0.134. The Labute approximate surface area is 100 Å². The number of rotatable bonds is 2. The zero-order valence-corrected chi connectivity index (χ0v) is 10.8. The zero-order valence-electron chi connectivity index (χ0n) is 8.27. The Morgan fingerprint density at radius 2 is 2.13 bits per heavy atom. The van der Waals surface area contributed by atoms with Gasteiger partial charge in [0, 0.05) is 0 Å². The van der Waals surface area contributed by atoms with Gasteiger partial charge in [0.05, 0.1) is 0 Å². The minimum atomic E-state index is -1.41. The Bertz CT molecular complexity index is 370. The molecule has 1 aliphatic heterocycles. The van der Waals surface area contributed by atoms with Gasteiger partial charge in [0.15, 0.2) is 0 Å². The van der Waals surface area contributed by atoms with Crippen molar-refractivity contribution in [1.29, 1.82) is 0 Å². The van der Waals surface area contributed by atoms with E-state index >= 15 is 0 Å². The second-order valence-electron chi connectivity index (χ2n) is 3.56. The number of hydrogen-bond donors (Lipinski definition) is 0. The fourth-order valence-electron chi connectivity index (χ4n) is 1.41. The van der Waals surface area contributed by atoms with Crippen LogP contribution in [0.5, 0.6) is 0 Å².